The van der Waals surface area contributed by atoms with Gasteiger partial charge >= 0.3 is 5.97 Å². The standard InChI is InChI=1S/C20H23NO5/c1-13-4-5-16(12-14(13)2)18(20(23)24)21-19(22)15-6-8-17(9-7-15)26-11-10-25-3/h4-9,12,18H,10-11H2,1-3H3,(H,21,22)(H,23,24). The molecule has 0 aliphatic carbocycles. The van der Waals surface area contributed by atoms with E-state index in [0.29, 0.717) is 30.1 Å². The summed E-state index contributed by atoms with van der Waals surface area (Å²) in [6.07, 6.45) is 0. The highest BCUT2D eigenvalue weighted by Gasteiger charge is 2.23. The van der Waals surface area contributed by atoms with E-state index in [9.17, 15) is 14.7 Å². The zero-order valence-electron chi connectivity index (χ0n) is 15.1. The van der Waals surface area contributed by atoms with Crippen molar-refractivity contribution in [2.45, 2.75) is 19.9 Å². The number of hydrogen-bond donors (Lipinski definition) is 2. The maximum Gasteiger partial charge on any atom is 0.330 e. The van der Waals surface area contributed by atoms with Crippen LogP contribution < -0.4 is 10.1 Å². The third-order valence-corrected chi connectivity index (χ3v) is 4.06. The van der Waals surface area contributed by atoms with Gasteiger partial charge in [-0.25, -0.2) is 4.79 Å². The van der Waals surface area contributed by atoms with Crippen LogP contribution in [0.3, 0.4) is 0 Å². The summed E-state index contributed by atoms with van der Waals surface area (Å²) in [7, 11) is 1.59. The minimum atomic E-state index is -1.11. The summed E-state index contributed by atoms with van der Waals surface area (Å²) in [5.41, 5.74) is 2.93. The zero-order valence-corrected chi connectivity index (χ0v) is 15.1. The molecule has 0 radical (unpaired) electrons. The molecule has 138 valence electrons. The number of benzene rings is 2. The molecule has 2 aromatic rings. The van der Waals surface area contributed by atoms with Gasteiger partial charge in [-0.2, -0.15) is 0 Å². The SMILES string of the molecule is COCCOc1ccc(C(=O)NC(C(=O)O)c2ccc(C)c(C)c2)cc1. The summed E-state index contributed by atoms with van der Waals surface area (Å²) >= 11 is 0. The predicted octanol–water partition coefficient (Wildman–Crippen LogP) is 2.88. The Labute approximate surface area is 152 Å². The monoisotopic (exact) mass is 357 g/mol. The Hall–Kier alpha value is -2.86. The maximum absolute atomic E-state index is 12.4. The quantitative estimate of drug-likeness (QED) is 0.710. The van der Waals surface area contributed by atoms with Crippen molar-refractivity contribution in [3.8, 4) is 5.75 Å². The normalized spacial score (nSPS) is 11.7. The van der Waals surface area contributed by atoms with Crippen molar-refractivity contribution in [1.29, 1.82) is 0 Å². The highest BCUT2D eigenvalue weighted by atomic mass is 16.5. The number of aliphatic carboxylic acids is 1. The second-order valence-electron chi connectivity index (χ2n) is 5.95. The molecule has 0 saturated heterocycles. The van der Waals surface area contributed by atoms with Gasteiger partial charge in [-0.15, -0.1) is 0 Å². The van der Waals surface area contributed by atoms with E-state index in [1.807, 2.05) is 19.9 Å². The Morgan fingerprint density at radius 2 is 1.73 bits per heavy atom. The third kappa shape index (κ3) is 5.07. The lowest BCUT2D eigenvalue weighted by molar-refractivity contribution is -0.139. The van der Waals surface area contributed by atoms with Crippen molar-refractivity contribution >= 4 is 11.9 Å². The molecular formula is C20H23NO5. The molecule has 0 aliphatic rings. The molecule has 0 fully saturated rings. The number of carbonyl (C=O) groups is 2. The topological polar surface area (TPSA) is 84.9 Å². The summed E-state index contributed by atoms with van der Waals surface area (Å²) in [6.45, 7) is 4.74. The van der Waals surface area contributed by atoms with Gasteiger partial charge in [-0.3, -0.25) is 4.79 Å². The highest BCUT2D eigenvalue weighted by molar-refractivity contribution is 5.96. The summed E-state index contributed by atoms with van der Waals surface area (Å²) in [5, 5.41) is 12.1. The molecule has 1 unspecified atom stereocenters. The zero-order chi connectivity index (χ0) is 19.1. The minimum absolute atomic E-state index is 0.360. The molecule has 0 bridgehead atoms. The van der Waals surface area contributed by atoms with Crippen LogP contribution in [0.25, 0.3) is 0 Å². The van der Waals surface area contributed by atoms with E-state index >= 15 is 0 Å². The van der Waals surface area contributed by atoms with E-state index in [-0.39, 0.29) is 0 Å². The Morgan fingerprint density at radius 3 is 2.31 bits per heavy atom. The highest BCUT2D eigenvalue weighted by Crippen LogP contribution is 2.19. The number of aryl methyl sites for hydroxylation is 2. The lowest BCUT2D eigenvalue weighted by Crippen LogP contribution is -2.33. The summed E-state index contributed by atoms with van der Waals surface area (Å²) < 4.78 is 10.3. The van der Waals surface area contributed by atoms with E-state index in [2.05, 4.69) is 5.32 Å². The molecule has 0 aliphatic heterocycles. The van der Waals surface area contributed by atoms with Gasteiger partial charge in [0.2, 0.25) is 0 Å². The Balaban J connectivity index is 2.09. The molecule has 0 spiro atoms. The van der Waals surface area contributed by atoms with Gasteiger partial charge in [0, 0.05) is 12.7 Å². The first-order valence-corrected chi connectivity index (χ1v) is 8.25. The Kier molecular flexibility index (Phi) is 6.74. The molecule has 1 amide bonds. The molecule has 0 aromatic heterocycles. The fourth-order valence-electron chi connectivity index (χ4n) is 2.39. The van der Waals surface area contributed by atoms with Crippen LogP contribution in [0.1, 0.15) is 33.1 Å². The minimum Gasteiger partial charge on any atom is -0.491 e. The molecule has 0 saturated carbocycles. The van der Waals surface area contributed by atoms with Crippen molar-refractivity contribution in [2.75, 3.05) is 20.3 Å². The molecule has 0 heterocycles. The number of carboxylic acid groups (broad SMARTS) is 1. The first-order valence-electron chi connectivity index (χ1n) is 8.25. The van der Waals surface area contributed by atoms with E-state index in [4.69, 9.17) is 9.47 Å². The number of rotatable bonds is 8. The van der Waals surface area contributed by atoms with Gasteiger partial charge in [0.1, 0.15) is 12.4 Å². The van der Waals surface area contributed by atoms with Crippen LogP contribution in [0.2, 0.25) is 0 Å². The largest absolute Gasteiger partial charge is 0.491 e. The van der Waals surface area contributed by atoms with Crippen LogP contribution in [0.15, 0.2) is 42.5 Å². The Bertz CT molecular complexity index is 770. The van der Waals surface area contributed by atoms with Crippen LogP contribution in [0.5, 0.6) is 5.75 Å². The number of amides is 1. The molecular weight excluding hydrogens is 334 g/mol. The molecule has 2 N–H and O–H groups in total. The van der Waals surface area contributed by atoms with Crippen molar-refractivity contribution in [3.63, 3.8) is 0 Å². The average molecular weight is 357 g/mol. The van der Waals surface area contributed by atoms with Gasteiger partial charge in [0.25, 0.3) is 5.91 Å². The van der Waals surface area contributed by atoms with E-state index in [0.717, 1.165) is 11.1 Å². The van der Waals surface area contributed by atoms with E-state index in [1.165, 1.54) is 0 Å². The third-order valence-electron chi connectivity index (χ3n) is 4.06. The summed E-state index contributed by atoms with van der Waals surface area (Å²) in [5.74, 6) is -0.956. The van der Waals surface area contributed by atoms with Crippen molar-refractivity contribution in [2.24, 2.45) is 0 Å². The van der Waals surface area contributed by atoms with Crippen LogP contribution in [-0.4, -0.2) is 37.3 Å². The van der Waals surface area contributed by atoms with Gasteiger partial charge in [-0.1, -0.05) is 18.2 Å². The van der Waals surface area contributed by atoms with Gasteiger partial charge in [0.05, 0.1) is 6.61 Å². The first-order chi connectivity index (χ1) is 12.4. The second-order valence-corrected chi connectivity index (χ2v) is 5.95. The van der Waals surface area contributed by atoms with Gasteiger partial charge < -0.3 is 19.9 Å². The fourth-order valence-corrected chi connectivity index (χ4v) is 2.39. The van der Waals surface area contributed by atoms with Crippen molar-refractivity contribution < 1.29 is 24.2 Å². The fraction of sp³-hybridized carbons (Fsp3) is 0.300. The number of hydrogen-bond acceptors (Lipinski definition) is 4. The number of carboxylic acids is 1. The number of ether oxygens (including phenoxy) is 2. The number of nitrogens with one attached hydrogen (secondary N) is 1. The van der Waals surface area contributed by atoms with E-state index in [1.54, 1.807) is 43.5 Å². The molecule has 1 atom stereocenters. The molecule has 6 nitrogen and oxygen atoms in total. The molecule has 6 heteroatoms. The predicted molar refractivity (Wildman–Crippen MR) is 97.6 cm³/mol. The number of carbonyl (C=O) groups excluding carboxylic acids is 1. The lowest BCUT2D eigenvalue weighted by atomic mass is 10.0. The summed E-state index contributed by atoms with van der Waals surface area (Å²) in [6, 6.07) is 10.7. The molecule has 2 aromatic carbocycles. The lowest BCUT2D eigenvalue weighted by Gasteiger charge is -2.16. The van der Waals surface area contributed by atoms with Crippen LogP contribution in [0, 0.1) is 13.8 Å². The van der Waals surface area contributed by atoms with E-state index < -0.39 is 17.9 Å². The maximum atomic E-state index is 12.4. The van der Waals surface area contributed by atoms with Crippen LogP contribution in [0.4, 0.5) is 0 Å². The first kappa shape index (κ1) is 19.5. The second kappa shape index (κ2) is 9.01. The van der Waals surface area contributed by atoms with Crippen LogP contribution in [-0.2, 0) is 9.53 Å². The number of methoxy groups -OCH3 is 1. The van der Waals surface area contributed by atoms with Gasteiger partial charge in [-0.05, 0) is 54.8 Å². The molecule has 26 heavy (non-hydrogen) atoms. The smallest absolute Gasteiger partial charge is 0.330 e. The van der Waals surface area contributed by atoms with Crippen molar-refractivity contribution in [3.05, 3.63) is 64.7 Å². The average Bonchev–Trinajstić information content (AvgIpc) is 2.62. The summed E-state index contributed by atoms with van der Waals surface area (Å²) in [4.78, 5) is 24.0. The van der Waals surface area contributed by atoms with Gasteiger partial charge in [0.15, 0.2) is 6.04 Å². The van der Waals surface area contributed by atoms with Crippen molar-refractivity contribution in [1.82, 2.24) is 5.32 Å². The van der Waals surface area contributed by atoms with Crippen LogP contribution >= 0.6 is 0 Å². The Morgan fingerprint density at radius 1 is 1.04 bits per heavy atom. The molecule has 2 rings (SSSR count).